The van der Waals surface area contributed by atoms with Crippen molar-refractivity contribution in [3.05, 3.63) is 89.1 Å². The van der Waals surface area contributed by atoms with Gasteiger partial charge < -0.3 is 14.4 Å². The summed E-state index contributed by atoms with van der Waals surface area (Å²) >= 11 is 6.03. The molecule has 0 bridgehead atoms. The highest BCUT2D eigenvalue weighted by molar-refractivity contribution is 6.30. The van der Waals surface area contributed by atoms with E-state index in [0.29, 0.717) is 18.9 Å². The van der Waals surface area contributed by atoms with Crippen molar-refractivity contribution in [2.45, 2.75) is 12.8 Å². The van der Waals surface area contributed by atoms with Crippen LogP contribution in [0.1, 0.15) is 17.7 Å². The molecule has 3 aromatic carbocycles. The van der Waals surface area contributed by atoms with Gasteiger partial charge in [0.2, 0.25) is 5.88 Å². The van der Waals surface area contributed by atoms with Gasteiger partial charge in [0.05, 0.1) is 25.1 Å². The van der Waals surface area contributed by atoms with E-state index in [1.165, 1.54) is 5.69 Å². The first-order valence-electron chi connectivity index (χ1n) is 12.4. The van der Waals surface area contributed by atoms with Crippen LogP contribution in [0.4, 0.5) is 5.69 Å². The van der Waals surface area contributed by atoms with Gasteiger partial charge in [0, 0.05) is 54.9 Å². The van der Waals surface area contributed by atoms with Crippen molar-refractivity contribution in [2.24, 2.45) is 0 Å². The third kappa shape index (κ3) is 5.72. The number of hydrogen-bond donors (Lipinski definition) is 0. The highest BCUT2D eigenvalue weighted by atomic mass is 35.5. The molecule has 0 unspecified atom stereocenters. The van der Waals surface area contributed by atoms with Gasteiger partial charge in [-0.25, -0.2) is 0 Å². The van der Waals surface area contributed by atoms with Crippen LogP contribution in [-0.2, 0) is 6.42 Å². The topological polar surface area (TPSA) is 50.7 Å². The van der Waals surface area contributed by atoms with Gasteiger partial charge >= 0.3 is 0 Å². The zero-order valence-corrected chi connectivity index (χ0v) is 21.3. The maximum absolute atomic E-state index is 6.11. The second-order valence-electron chi connectivity index (χ2n) is 9.00. The molecule has 0 atom stereocenters. The quantitative estimate of drug-likeness (QED) is 0.283. The van der Waals surface area contributed by atoms with Crippen LogP contribution in [0.15, 0.2) is 72.8 Å². The van der Waals surface area contributed by atoms with Gasteiger partial charge in [-0.3, -0.25) is 4.90 Å². The standard InChI is InChI=1S/C29H31ClN4O2/c1-35-28-10-5-4-9-27(28)34-18-16-33(17-19-34)15-6-20-36-29-25-8-3-2-7-24(25)26(31-32-29)21-22-11-13-23(30)14-12-22/h2-5,7-14H,6,15-21H2,1H3. The van der Waals surface area contributed by atoms with Crippen molar-refractivity contribution in [2.75, 3.05) is 51.3 Å². The number of anilines is 1. The highest BCUT2D eigenvalue weighted by Gasteiger charge is 2.19. The first kappa shape index (κ1) is 24.3. The third-order valence-electron chi connectivity index (χ3n) is 6.67. The molecule has 4 aromatic rings. The number of benzene rings is 3. The van der Waals surface area contributed by atoms with E-state index in [2.05, 4.69) is 44.3 Å². The smallest absolute Gasteiger partial charge is 0.241 e. The zero-order chi connectivity index (χ0) is 24.7. The molecule has 186 valence electrons. The molecule has 0 N–H and O–H groups in total. The number of ether oxygens (including phenoxy) is 2. The molecule has 6 nitrogen and oxygen atoms in total. The lowest BCUT2D eigenvalue weighted by Crippen LogP contribution is -2.46. The molecule has 36 heavy (non-hydrogen) atoms. The molecule has 1 aliphatic rings. The minimum atomic E-state index is 0.603. The van der Waals surface area contributed by atoms with Gasteiger partial charge in [-0.2, -0.15) is 5.10 Å². The molecule has 1 saturated heterocycles. The maximum Gasteiger partial charge on any atom is 0.241 e. The summed E-state index contributed by atoms with van der Waals surface area (Å²) in [7, 11) is 1.73. The number of nitrogens with zero attached hydrogens (tertiary/aromatic N) is 4. The molecule has 5 rings (SSSR count). The normalized spacial score (nSPS) is 14.2. The average molecular weight is 503 g/mol. The Balaban J connectivity index is 1.14. The first-order valence-corrected chi connectivity index (χ1v) is 12.8. The van der Waals surface area contributed by atoms with Crippen molar-refractivity contribution in [3.8, 4) is 11.6 Å². The van der Waals surface area contributed by atoms with Crippen LogP contribution in [-0.4, -0.2) is 61.5 Å². The summed E-state index contributed by atoms with van der Waals surface area (Å²) < 4.78 is 11.6. The van der Waals surface area contributed by atoms with Gasteiger partial charge in [0.15, 0.2) is 0 Å². The van der Waals surface area contributed by atoms with Gasteiger partial charge in [0.25, 0.3) is 0 Å². The highest BCUT2D eigenvalue weighted by Crippen LogP contribution is 2.29. The van der Waals surface area contributed by atoms with Crippen molar-refractivity contribution >= 4 is 28.1 Å². The lowest BCUT2D eigenvalue weighted by Gasteiger charge is -2.36. The summed E-state index contributed by atoms with van der Waals surface area (Å²) in [6.07, 6.45) is 1.64. The number of para-hydroxylation sites is 2. The largest absolute Gasteiger partial charge is 0.495 e. The molecule has 0 amide bonds. The molecule has 1 fully saturated rings. The molecule has 0 spiro atoms. The Kier molecular flexibility index (Phi) is 7.84. The Labute approximate surface area is 217 Å². The molecule has 0 radical (unpaired) electrons. The Morgan fingerprint density at radius 1 is 0.833 bits per heavy atom. The zero-order valence-electron chi connectivity index (χ0n) is 20.6. The molecular weight excluding hydrogens is 472 g/mol. The Morgan fingerprint density at radius 2 is 1.56 bits per heavy atom. The number of hydrogen-bond acceptors (Lipinski definition) is 6. The lowest BCUT2D eigenvalue weighted by molar-refractivity contribution is 0.222. The fourth-order valence-corrected chi connectivity index (χ4v) is 4.85. The predicted molar refractivity (Wildman–Crippen MR) is 146 cm³/mol. The summed E-state index contributed by atoms with van der Waals surface area (Å²) in [6.45, 7) is 5.65. The van der Waals surface area contributed by atoms with Crippen molar-refractivity contribution in [1.82, 2.24) is 15.1 Å². The molecule has 2 heterocycles. The van der Waals surface area contributed by atoms with E-state index < -0.39 is 0 Å². The van der Waals surface area contributed by atoms with Gasteiger partial charge in [-0.05, 0) is 42.3 Å². The number of piperazine rings is 1. The Hall–Kier alpha value is -3.35. The van der Waals surface area contributed by atoms with Crippen LogP contribution in [0.25, 0.3) is 10.8 Å². The second kappa shape index (κ2) is 11.6. The minimum absolute atomic E-state index is 0.603. The summed E-state index contributed by atoms with van der Waals surface area (Å²) in [5.74, 6) is 1.54. The molecule has 0 aliphatic carbocycles. The molecule has 1 aliphatic heterocycles. The molecular formula is C29H31ClN4O2. The van der Waals surface area contributed by atoms with Crippen LogP contribution in [0.5, 0.6) is 11.6 Å². The van der Waals surface area contributed by atoms with Crippen molar-refractivity contribution < 1.29 is 9.47 Å². The fourth-order valence-electron chi connectivity index (χ4n) is 4.73. The SMILES string of the molecule is COc1ccccc1N1CCN(CCCOc2nnc(Cc3ccc(Cl)cc3)c3ccccc23)CC1. The third-order valence-corrected chi connectivity index (χ3v) is 6.92. The molecule has 7 heteroatoms. The average Bonchev–Trinajstić information content (AvgIpc) is 2.93. The fraction of sp³-hybridized carbons (Fsp3) is 0.310. The second-order valence-corrected chi connectivity index (χ2v) is 9.44. The number of aromatic nitrogens is 2. The predicted octanol–water partition coefficient (Wildman–Crippen LogP) is 5.47. The minimum Gasteiger partial charge on any atom is -0.495 e. The van der Waals surface area contributed by atoms with Gasteiger partial charge in [0.1, 0.15) is 5.75 Å². The van der Waals surface area contributed by atoms with Crippen molar-refractivity contribution in [3.63, 3.8) is 0 Å². The number of fused-ring (bicyclic) bond motifs is 1. The Morgan fingerprint density at radius 3 is 2.33 bits per heavy atom. The summed E-state index contributed by atoms with van der Waals surface area (Å²) in [5, 5.41) is 11.8. The molecule has 0 saturated carbocycles. The maximum atomic E-state index is 6.11. The van der Waals surface area contributed by atoms with E-state index in [1.807, 2.05) is 48.5 Å². The number of rotatable bonds is 9. The number of halogens is 1. The summed E-state index contributed by atoms with van der Waals surface area (Å²) in [4.78, 5) is 4.90. The number of methoxy groups -OCH3 is 1. The monoisotopic (exact) mass is 502 g/mol. The van der Waals surface area contributed by atoms with E-state index in [-0.39, 0.29) is 0 Å². The first-order chi connectivity index (χ1) is 17.7. The van der Waals surface area contributed by atoms with E-state index in [1.54, 1.807) is 7.11 Å². The summed E-state index contributed by atoms with van der Waals surface area (Å²) in [5.41, 5.74) is 3.26. The van der Waals surface area contributed by atoms with Crippen LogP contribution in [0.3, 0.4) is 0 Å². The van der Waals surface area contributed by atoms with E-state index >= 15 is 0 Å². The summed E-state index contributed by atoms with van der Waals surface area (Å²) in [6, 6.07) is 24.3. The van der Waals surface area contributed by atoms with E-state index in [0.717, 1.165) is 71.9 Å². The van der Waals surface area contributed by atoms with Crippen LogP contribution < -0.4 is 14.4 Å². The van der Waals surface area contributed by atoms with E-state index in [4.69, 9.17) is 21.1 Å². The van der Waals surface area contributed by atoms with Crippen LogP contribution >= 0.6 is 11.6 Å². The lowest BCUT2D eigenvalue weighted by atomic mass is 10.0. The van der Waals surface area contributed by atoms with Crippen molar-refractivity contribution in [1.29, 1.82) is 0 Å². The van der Waals surface area contributed by atoms with Gasteiger partial charge in [-0.15, -0.1) is 5.10 Å². The van der Waals surface area contributed by atoms with E-state index in [9.17, 15) is 0 Å². The Bertz CT molecular complexity index is 1290. The van der Waals surface area contributed by atoms with Crippen LogP contribution in [0, 0.1) is 0 Å². The van der Waals surface area contributed by atoms with Gasteiger partial charge in [-0.1, -0.05) is 54.1 Å². The van der Waals surface area contributed by atoms with Crippen LogP contribution in [0.2, 0.25) is 5.02 Å². The molecule has 1 aromatic heterocycles.